The van der Waals surface area contributed by atoms with E-state index in [9.17, 15) is 4.79 Å². The zero-order valence-electron chi connectivity index (χ0n) is 10.4. The quantitative estimate of drug-likeness (QED) is 0.828. The van der Waals surface area contributed by atoms with Gasteiger partial charge in [0.2, 0.25) is 0 Å². The summed E-state index contributed by atoms with van der Waals surface area (Å²) >= 11 is 0. The fourth-order valence-electron chi connectivity index (χ4n) is 2.11. The van der Waals surface area contributed by atoms with Crippen LogP contribution in [0.2, 0.25) is 0 Å². The number of nitrogens with one attached hydrogen (secondary N) is 1. The molecule has 1 aromatic heterocycles. The van der Waals surface area contributed by atoms with Crippen LogP contribution in [0.3, 0.4) is 0 Å². The van der Waals surface area contributed by atoms with E-state index < -0.39 is 0 Å². The molecular formula is C13H19N3O2. The van der Waals surface area contributed by atoms with Crippen molar-refractivity contribution in [1.82, 2.24) is 10.3 Å². The fraction of sp³-hybridized carbons (Fsp3) is 0.538. The largest absolute Gasteiger partial charge is 0.395 e. The number of nitrogens with zero attached hydrogens (tertiary/aromatic N) is 2. The van der Waals surface area contributed by atoms with Gasteiger partial charge in [0.15, 0.2) is 0 Å². The Bertz CT molecular complexity index is 403. The minimum Gasteiger partial charge on any atom is -0.395 e. The number of pyridine rings is 1. The Balaban J connectivity index is 2.06. The van der Waals surface area contributed by atoms with Crippen LogP contribution in [0.1, 0.15) is 29.8 Å². The first kappa shape index (κ1) is 12.8. The van der Waals surface area contributed by atoms with Gasteiger partial charge in [-0.1, -0.05) is 6.07 Å². The van der Waals surface area contributed by atoms with E-state index in [1.165, 1.54) is 19.3 Å². The molecule has 2 rings (SSSR count). The molecular weight excluding hydrogens is 230 g/mol. The van der Waals surface area contributed by atoms with Crippen molar-refractivity contribution in [3.05, 3.63) is 23.9 Å². The number of aliphatic hydroxyl groups is 1. The van der Waals surface area contributed by atoms with Gasteiger partial charge in [0.25, 0.3) is 5.91 Å². The Kier molecular flexibility index (Phi) is 4.52. The molecule has 0 atom stereocenters. The smallest absolute Gasteiger partial charge is 0.270 e. The minimum atomic E-state index is -0.233. The molecule has 0 spiro atoms. The molecule has 5 heteroatoms. The molecule has 2 N–H and O–H groups in total. The van der Waals surface area contributed by atoms with E-state index in [1.807, 2.05) is 12.1 Å². The highest BCUT2D eigenvalue weighted by Gasteiger charge is 2.14. The van der Waals surface area contributed by atoms with Crippen molar-refractivity contribution >= 4 is 11.7 Å². The van der Waals surface area contributed by atoms with Crippen molar-refractivity contribution in [2.75, 3.05) is 31.1 Å². The summed E-state index contributed by atoms with van der Waals surface area (Å²) in [5.74, 6) is 0.634. The third kappa shape index (κ3) is 3.20. The van der Waals surface area contributed by atoms with Crippen LogP contribution >= 0.6 is 0 Å². The third-order valence-corrected chi connectivity index (χ3v) is 3.04. The zero-order valence-corrected chi connectivity index (χ0v) is 10.4. The molecule has 98 valence electrons. The number of piperidine rings is 1. The summed E-state index contributed by atoms with van der Waals surface area (Å²) in [6.07, 6.45) is 3.64. The van der Waals surface area contributed by atoms with Crippen LogP contribution in [0.5, 0.6) is 0 Å². The Morgan fingerprint density at radius 1 is 1.33 bits per heavy atom. The van der Waals surface area contributed by atoms with Gasteiger partial charge in [-0.15, -0.1) is 0 Å². The molecule has 0 saturated carbocycles. The van der Waals surface area contributed by atoms with Gasteiger partial charge in [-0.3, -0.25) is 4.79 Å². The average molecular weight is 249 g/mol. The summed E-state index contributed by atoms with van der Waals surface area (Å²) in [6, 6.07) is 5.49. The van der Waals surface area contributed by atoms with Crippen molar-refractivity contribution < 1.29 is 9.90 Å². The lowest BCUT2D eigenvalue weighted by Gasteiger charge is -2.27. The predicted molar refractivity (Wildman–Crippen MR) is 69.7 cm³/mol. The number of aliphatic hydroxyl groups excluding tert-OH is 1. The predicted octanol–water partition coefficient (Wildman–Crippen LogP) is 0.794. The maximum absolute atomic E-state index is 11.7. The summed E-state index contributed by atoms with van der Waals surface area (Å²) in [5, 5.41) is 11.3. The molecule has 1 amide bonds. The van der Waals surface area contributed by atoms with Gasteiger partial charge in [0, 0.05) is 19.6 Å². The van der Waals surface area contributed by atoms with Crippen LogP contribution in [-0.2, 0) is 0 Å². The van der Waals surface area contributed by atoms with Crippen molar-refractivity contribution in [3.63, 3.8) is 0 Å². The summed E-state index contributed by atoms with van der Waals surface area (Å²) < 4.78 is 0. The first-order chi connectivity index (χ1) is 8.81. The second kappa shape index (κ2) is 6.35. The Morgan fingerprint density at radius 2 is 2.11 bits per heavy atom. The molecule has 1 aliphatic heterocycles. The monoisotopic (exact) mass is 249 g/mol. The van der Waals surface area contributed by atoms with Crippen molar-refractivity contribution in [2.45, 2.75) is 19.3 Å². The van der Waals surface area contributed by atoms with Crippen molar-refractivity contribution in [2.24, 2.45) is 0 Å². The number of aromatic nitrogens is 1. The van der Waals surface area contributed by atoms with Crippen molar-refractivity contribution in [1.29, 1.82) is 0 Å². The van der Waals surface area contributed by atoms with Crippen molar-refractivity contribution in [3.8, 4) is 0 Å². The summed E-state index contributed by atoms with van der Waals surface area (Å²) in [4.78, 5) is 18.3. The fourth-order valence-corrected chi connectivity index (χ4v) is 2.11. The van der Waals surface area contributed by atoms with Crippen LogP contribution in [-0.4, -0.2) is 42.2 Å². The first-order valence-corrected chi connectivity index (χ1v) is 6.42. The molecule has 0 aromatic carbocycles. The topological polar surface area (TPSA) is 65.5 Å². The van der Waals surface area contributed by atoms with Gasteiger partial charge in [-0.05, 0) is 31.4 Å². The van der Waals surface area contributed by atoms with E-state index >= 15 is 0 Å². The van der Waals surface area contributed by atoms with E-state index in [0.717, 1.165) is 18.9 Å². The Hall–Kier alpha value is -1.62. The molecule has 1 fully saturated rings. The molecule has 1 aliphatic rings. The second-order valence-corrected chi connectivity index (χ2v) is 4.41. The van der Waals surface area contributed by atoms with Crippen LogP contribution in [0.15, 0.2) is 18.2 Å². The third-order valence-electron chi connectivity index (χ3n) is 3.04. The second-order valence-electron chi connectivity index (χ2n) is 4.41. The summed E-state index contributed by atoms with van der Waals surface area (Å²) in [6.45, 7) is 2.22. The average Bonchev–Trinajstić information content (AvgIpc) is 2.46. The minimum absolute atomic E-state index is 0.0580. The number of carbonyl (C=O) groups is 1. The molecule has 1 saturated heterocycles. The lowest BCUT2D eigenvalue weighted by molar-refractivity contribution is 0.0940. The summed E-state index contributed by atoms with van der Waals surface area (Å²) in [7, 11) is 0. The maximum atomic E-state index is 11.7. The molecule has 2 heterocycles. The number of hydrogen-bond donors (Lipinski definition) is 2. The standard InChI is InChI=1S/C13H19N3O2/c17-10-7-14-13(18)11-5-4-6-12(15-11)16-8-2-1-3-9-16/h4-6,17H,1-3,7-10H2,(H,14,18). The van der Waals surface area contributed by atoms with Gasteiger partial charge < -0.3 is 15.3 Å². The zero-order chi connectivity index (χ0) is 12.8. The maximum Gasteiger partial charge on any atom is 0.270 e. The molecule has 5 nitrogen and oxygen atoms in total. The van der Waals surface area contributed by atoms with Crippen LogP contribution in [0.4, 0.5) is 5.82 Å². The Morgan fingerprint density at radius 3 is 2.83 bits per heavy atom. The Labute approximate surface area is 107 Å². The highest BCUT2D eigenvalue weighted by Crippen LogP contribution is 2.17. The van der Waals surface area contributed by atoms with E-state index in [2.05, 4.69) is 15.2 Å². The molecule has 0 radical (unpaired) electrons. The number of hydrogen-bond acceptors (Lipinski definition) is 4. The number of anilines is 1. The molecule has 0 bridgehead atoms. The lowest BCUT2D eigenvalue weighted by Crippen LogP contribution is -2.31. The molecule has 1 aromatic rings. The summed E-state index contributed by atoms with van der Waals surface area (Å²) in [5.41, 5.74) is 0.409. The van der Waals surface area contributed by atoms with E-state index in [1.54, 1.807) is 6.07 Å². The van der Waals surface area contributed by atoms with Crippen LogP contribution in [0.25, 0.3) is 0 Å². The van der Waals surface area contributed by atoms with E-state index in [-0.39, 0.29) is 19.1 Å². The van der Waals surface area contributed by atoms with Gasteiger partial charge in [-0.25, -0.2) is 4.98 Å². The SMILES string of the molecule is O=C(NCCO)c1cccc(N2CCCCC2)n1. The number of amides is 1. The van der Waals surface area contributed by atoms with Gasteiger partial charge in [0.05, 0.1) is 6.61 Å². The number of rotatable bonds is 4. The van der Waals surface area contributed by atoms with E-state index in [4.69, 9.17) is 5.11 Å². The van der Waals surface area contributed by atoms with Gasteiger partial charge in [0.1, 0.15) is 11.5 Å². The normalized spacial score (nSPS) is 15.5. The highest BCUT2D eigenvalue weighted by molar-refractivity contribution is 5.92. The first-order valence-electron chi connectivity index (χ1n) is 6.42. The van der Waals surface area contributed by atoms with Gasteiger partial charge in [-0.2, -0.15) is 0 Å². The lowest BCUT2D eigenvalue weighted by atomic mass is 10.1. The van der Waals surface area contributed by atoms with Crippen LogP contribution in [0, 0.1) is 0 Å². The molecule has 18 heavy (non-hydrogen) atoms. The highest BCUT2D eigenvalue weighted by atomic mass is 16.3. The van der Waals surface area contributed by atoms with Crippen LogP contribution < -0.4 is 10.2 Å². The van der Waals surface area contributed by atoms with Gasteiger partial charge >= 0.3 is 0 Å². The number of carbonyl (C=O) groups excluding carboxylic acids is 1. The molecule has 0 unspecified atom stereocenters. The van der Waals surface area contributed by atoms with E-state index in [0.29, 0.717) is 5.69 Å². The molecule has 0 aliphatic carbocycles.